The van der Waals surface area contributed by atoms with Gasteiger partial charge in [-0.1, -0.05) is 22.9 Å². The van der Waals surface area contributed by atoms with Gasteiger partial charge in [0.25, 0.3) is 0 Å². The van der Waals surface area contributed by atoms with Crippen LogP contribution in [0.5, 0.6) is 0 Å². The molecule has 0 aliphatic carbocycles. The summed E-state index contributed by atoms with van der Waals surface area (Å²) in [4.78, 5) is 25.2. The Hall–Kier alpha value is -1.40. The second-order valence-corrected chi connectivity index (χ2v) is 5.75. The first-order chi connectivity index (χ1) is 9.35. The number of rotatable bonds is 5. The molecular formula is C14H20BrN3O2. The zero-order chi connectivity index (χ0) is 15.3. The zero-order valence-electron chi connectivity index (χ0n) is 11.9. The number of amides is 2. The monoisotopic (exact) mass is 341 g/mol. The van der Waals surface area contributed by atoms with Crippen molar-refractivity contribution in [2.45, 2.75) is 13.8 Å². The quantitative estimate of drug-likeness (QED) is 0.856. The molecule has 1 unspecified atom stereocenters. The Morgan fingerprint density at radius 3 is 2.65 bits per heavy atom. The molecule has 1 atom stereocenters. The van der Waals surface area contributed by atoms with Gasteiger partial charge in [-0.15, -0.1) is 0 Å². The van der Waals surface area contributed by atoms with Crippen LogP contribution in [0.4, 0.5) is 5.69 Å². The van der Waals surface area contributed by atoms with E-state index in [0.717, 1.165) is 15.7 Å². The fourth-order valence-electron chi connectivity index (χ4n) is 1.73. The van der Waals surface area contributed by atoms with E-state index in [4.69, 9.17) is 5.73 Å². The van der Waals surface area contributed by atoms with Crippen LogP contribution in [-0.4, -0.2) is 36.9 Å². The maximum atomic E-state index is 11.9. The SMILES string of the molecule is Cc1cc(Br)ccc1NC(=O)CN(C)C(=O)C(C)CN. The number of hydrogen-bond acceptors (Lipinski definition) is 3. The minimum Gasteiger partial charge on any atom is -0.336 e. The van der Waals surface area contributed by atoms with Crippen molar-refractivity contribution >= 4 is 33.4 Å². The molecule has 0 saturated carbocycles. The first-order valence-electron chi connectivity index (χ1n) is 6.36. The lowest BCUT2D eigenvalue weighted by Crippen LogP contribution is -2.39. The van der Waals surface area contributed by atoms with E-state index < -0.39 is 0 Å². The van der Waals surface area contributed by atoms with Crippen LogP contribution >= 0.6 is 15.9 Å². The Morgan fingerprint density at radius 1 is 1.45 bits per heavy atom. The molecule has 0 aliphatic rings. The van der Waals surface area contributed by atoms with E-state index in [9.17, 15) is 9.59 Å². The number of nitrogens with zero attached hydrogens (tertiary/aromatic N) is 1. The molecule has 0 fully saturated rings. The Labute approximate surface area is 127 Å². The summed E-state index contributed by atoms with van der Waals surface area (Å²) in [6.07, 6.45) is 0. The molecule has 20 heavy (non-hydrogen) atoms. The first kappa shape index (κ1) is 16.7. The van der Waals surface area contributed by atoms with Crippen LogP contribution in [0, 0.1) is 12.8 Å². The van der Waals surface area contributed by atoms with E-state index in [1.165, 1.54) is 4.90 Å². The Morgan fingerprint density at radius 2 is 2.10 bits per heavy atom. The summed E-state index contributed by atoms with van der Waals surface area (Å²) < 4.78 is 0.956. The van der Waals surface area contributed by atoms with Crippen molar-refractivity contribution in [1.29, 1.82) is 0 Å². The molecule has 5 nitrogen and oxygen atoms in total. The normalized spacial score (nSPS) is 11.8. The summed E-state index contributed by atoms with van der Waals surface area (Å²) in [5.41, 5.74) is 7.14. The number of nitrogens with two attached hydrogens (primary N) is 1. The van der Waals surface area contributed by atoms with Crippen LogP contribution in [-0.2, 0) is 9.59 Å². The van der Waals surface area contributed by atoms with E-state index in [0.29, 0.717) is 0 Å². The number of anilines is 1. The van der Waals surface area contributed by atoms with Gasteiger partial charge in [0, 0.05) is 29.7 Å². The smallest absolute Gasteiger partial charge is 0.243 e. The van der Waals surface area contributed by atoms with Crippen molar-refractivity contribution in [2.75, 3.05) is 25.5 Å². The minimum atomic E-state index is -0.276. The average Bonchev–Trinajstić information content (AvgIpc) is 2.40. The molecule has 6 heteroatoms. The average molecular weight is 342 g/mol. The summed E-state index contributed by atoms with van der Waals surface area (Å²) in [7, 11) is 1.60. The van der Waals surface area contributed by atoms with Crippen molar-refractivity contribution in [3.63, 3.8) is 0 Å². The third kappa shape index (κ3) is 4.61. The molecule has 0 spiro atoms. The maximum absolute atomic E-state index is 11.9. The van der Waals surface area contributed by atoms with Gasteiger partial charge in [0.05, 0.1) is 6.54 Å². The first-order valence-corrected chi connectivity index (χ1v) is 7.15. The predicted octanol–water partition coefficient (Wildman–Crippen LogP) is 1.75. The van der Waals surface area contributed by atoms with Crippen LogP contribution in [0.15, 0.2) is 22.7 Å². The molecule has 0 saturated heterocycles. The van der Waals surface area contributed by atoms with Crippen LogP contribution in [0.2, 0.25) is 0 Å². The predicted molar refractivity (Wildman–Crippen MR) is 83.4 cm³/mol. The zero-order valence-corrected chi connectivity index (χ0v) is 13.5. The second kappa shape index (κ2) is 7.40. The molecule has 1 rings (SSSR count). The van der Waals surface area contributed by atoms with Crippen LogP contribution < -0.4 is 11.1 Å². The van der Waals surface area contributed by atoms with E-state index in [1.54, 1.807) is 14.0 Å². The lowest BCUT2D eigenvalue weighted by atomic mass is 10.1. The van der Waals surface area contributed by atoms with Crippen LogP contribution in [0.25, 0.3) is 0 Å². The van der Waals surface area contributed by atoms with Gasteiger partial charge in [-0.25, -0.2) is 0 Å². The fourth-order valence-corrected chi connectivity index (χ4v) is 2.20. The summed E-state index contributed by atoms with van der Waals surface area (Å²) in [6, 6.07) is 5.59. The van der Waals surface area contributed by atoms with Gasteiger partial charge < -0.3 is 16.0 Å². The maximum Gasteiger partial charge on any atom is 0.243 e. The third-order valence-electron chi connectivity index (χ3n) is 2.99. The summed E-state index contributed by atoms with van der Waals surface area (Å²) in [5, 5.41) is 2.80. The topological polar surface area (TPSA) is 75.4 Å². The van der Waals surface area contributed by atoms with Gasteiger partial charge in [-0.05, 0) is 30.7 Å². The molecule has 0 bridgehead atoms. The molecule has 2 amide bonds. The van der Waals surface area contributed by atoms with Gasteiger partial charge in [-0.2, -0.15) is 0 Å². The number of carbonyl (C=O) groups is 2. The Kier molecular flexibility index (Phi) is 6.16. The third-order valence-corrected chi connectivity index (χ3v) is 3.49. The number of likely N-dealkylation sites (N-methyl/N-ethyl adjacent to an activating group) is 1. The summed E-state index contributed by atoms with van der Waals surface area (Å²) >= 11 is 3.37. The highest BCUT2D eigenvalue weighted by Crippen LogP contribution is 2.19. The van der Waals surface area contributed by atoms with Crippen LogP contribution in [0.3, 0.4) is 0 Å². The number of halogens is 1. The van der Waals surface area contributed by atoms with Gasteiger partial charge >= 0.3 is 0 Å². The fraction of sp³-hybridized carbons (Fsp3) is 0.429. The number of carbonyl (C=O) groups excluding carboxylic acids is 2. The van der Waals surface area contributed by atoms with Gasteiger partial charge in [-0.3, -0.25) is 9.59 Å². The number of aryl methyl sites for hydroxylation is 1. The molecule has 3 N–H and O–H groups in total. The molecule has 0 radical (unpaired) electrons. The lowest BCUT2D eigenvalue weighted by Gasteiger charge is -2.20. The van der Waals surface area contributed by atoms with E-state index in [1.807, 2.05) is 25.1 Å². The van der Waals surface area contributed by atoms with Crippen molar-refractivity contribution in [3.8, 4) is 0 Å². The highest BCUT2D eigenvalue weighted by molar-refractivity contribution is 9.10. The van der Waals surface area contributed by atoms with E-state index >= 15 is 0 Å². The lowest BCUT2D eigenvalue weighted by molar-refractivity contribution is -0.136. The molecule has 110 valence electrons. The Bertz CT molecular complexity index is 505. The van der Waals surface area contributed by atoms with Crippen molar-refractivity contribution in [3.05, 3.63) is 28.2 Å². The highest BCUT2D eigenvalue weighted by Gasteiger charge is 2.18. The highest BCUT2D eigenvalue weighted by atomic mass is 79.9. The Balaban J connectivity index is 2.61. The molecule has 0 aromatic heterocycles. The standard InChI is InChI=1S/C14H20BrN3O2/c1-9-6-11(15)4-5-12(9)17-13(19)8-18(3)14(20)10(2)7-16/h4-6,10H,7-8,16H2,1-3H3,(H,17,19). The second-order valence-electron chi connectivity index (χ2n) is 4.84. The van der Waals surface area contributed by atoms with E-state index in [-0.39, 0.29) is 30.8 Å². The van der Waals surface area contributed by atoms with Gasteiger partial charge in [0.2, 0.25) is 11.8 Å². The van der Waals surface area contributed by atoms with Crippen LogP contribution in [0.1, 0.15) is 12.5 Å². The summed E-state index contributed by atoms with van der Waals surface area (Å²) in [6.45, 7) is 3.94. The number of benzene rings is 1. The molecule has 1 aromatic carbocycles. The molecule has 0 aliphatic heterocycles. The number of nitrogens with one attached hydrogen (secondary N) is 1. The molecule has 1 aromatic rings. The van der Waals surface area contributed by atoms with Crippen molar-refractivity contribution in [2.24, 2.45) is 11.7 Å². The largest absolute Gasteiger partial charge is 0.336 e. The van der Waals surface area contributed by atoms with Gasteiger partial charge in [0.15, 0.2) is 0 Å². The van der Waals surface area contributed by atoms with Crippen molar-refractivity contribution in [1.82, 2.24) is 4.90 Å². The van der Waals surface area contributed by atoms with E-state index in [2.05, 4.69) is 21.2 Å². The molecular weight excluding hydrogens is 322 g/mol. The number of hydrogen-bond donors (Lipinski definition) is 2. The summed E-state index contributed by atoms with van der Waals surface area (Å²) in [5.74, 6) is -0.632. The molecule has 0 heterocycles. The van der Waals surface area contributed by atoms with Gasteiger partial charge in [0.1, 0.15) is 0 Å². The minimum absolute atomic E-state index is 0.0126. The van der Waals surface area contributed by atoms with Crippen molar-refractivity contribution < 1.29 is 9.59 Å².